The lowest BCUT2D eigenvalue weighted by atomic mass is 10.4. The maximum atomic E-state index is 5.77. The summed E-state index contributed by atoms with van der Waals surface area (Å²) in [5, 5.41) is 9.10. The fourth-order valence-electron chi connectivity index (χ4n) is 1.04. The van der Waals surface area contributed by atoms with Crippen LogP contribution in [0.3, 0.4) is 0 Å². The zero-order valence-corrected chi connectivity index (χ0v) is 10.8. The van der Waals surface area contributed by atoms with Crippen LogP contribution in [0.2, 0.25) is 0 Å². The van der Waals surface area contributed by atoms with Gasteiger partial charge in [-0.3, -0.25) is 4.57 Å². The summed E-state index contributed by atoms with van der Waals surface area (Å²) < 4.78 is 1.85. The van der Waals surface area contributed by atoms with Gasteiger partial charge in [-0.25, -0.2) is 0 Å². The molecule has 1 aromatic rings. The fourth-order valence-corrected chi connectivity index (χ4v) is 2.26. The number of anilines is 1. The lowest BCUT2D eigenvalue weighted by Gasteiger charge is -2.10. The van der Waals surface area contributed by atoms with E-state index in [1.54, 1.807) is 0 Å². The minimum absolute atomic E-state index is 0.223. The van der Waals surface area contributed by atoms with E-state index in [0.717, 1.165) is 5.16 Å². The van der Waals surface area contributed by atoms with Crippen LogP contribution in [0.5, 0.6) is 0 Å². The van der Waals surface area contributed by atoms with Crippen LogP contribution in [-0.4, -0.2) is 20.5 Å². The number of nitrogens with zero attached hydrogens (tertiary/aromatic N) is 3. The minimum atomic E-state index is 0.223. The van der Waals surface area contributed by atoms with E-state index < -0.39 is 0 Å². The topological polar surface area (TPSA) is 56.7 Å². The van der Waals surface area contributed by atoms with Crippen molar-refractivity contribution >= 4 is 40.9 Å². The van der Waals surface area contributed by atoms with Crippen LogP contribution in [-0.2, 0) is 0 Å². The normalized spacial score (nSPS) is 12.5. The molecule has 0 atom stereocenters. The Balaban J connectivity index is 2.77. The molecule has 0 bridgehead atoms. The molecule has 0 saturated carbocycles. The summed E-state index contributed by atoms with van der Waals surface area (Å²) in [5.41, 5.74) is 7.02. The molecule has 15 heavy (non-hydrogen) atoms. The first kappa shape index (κ1) is 12.7. The van der Waals surface area contributed by atoms with E-state index in [2.05, 4.69) is 10.2 Å². The SMILES string of the molecule is CC(C)n1c(N)nnc1SCC(Cl)=CCl. The minimum Gasteiger partial charge on any atom is -0.368 e. The van der Waals surface area contributed by atoms with Crippen LogP contribution >= 0.6 is 35.0 Å². The highest BCUT2D eigenvalue weighted by molar-refractivity contribution is 7.99. The average molecular weight is 267 g/mol. The van der Waals surface area contributed by atoms with Gasteiger partial charge in [0.1, 0.15) is 0 Å². The first-order valence-corrected chi connectivity index (χ1v) is 6.14. The lowest BCUT2D eigenvalue weighted by Crippen LogP contribution is -2.07. The third-order valence-electron chi connectivity index (χ3n) is 1.66. The summed E-state index contributed by atoms with van der Waals surface area (Å²) in [5.74, 6) is 0.981. The predicted molar refractivity (Wildman–Crippen MR) is 65.3 cm³/mol. The van der Waals surface area contributed by atoms with Crippen molar-refractivity contribution in [1.82, 2.24) is 14.8 Å². The molecular weight excluding hydrogens is 255 g/mol. The summed E-state index contributed by atoms with van der Waals surface area (Å²) in [6.45, 7) is 4.03. The van der Waals surface area contributed by atoms with Gasteiger partial charge in [0.15, 0.2) is 5.16 Å². The van der Waals surface area contributed by atoms with Gasteiger partial charge in [-0.15, -0.1) is 10.2 Å². The molecule has 7 heteroatoms. The molecule has 0 amide bonds. The molecule has 1 aromatic heterocycles. The van der Waals surface area contributed by atoms with E-state index in [0.29, 0.717) is 16.7 Å². The van der Waals surface area contributed by atoms with Crippen LogP contribution in [0, 0.1) is 0 Å². The van der Waals surface area contributed by atoms with Crippen LogP contribution in [0.15, 0.2) is 15.7 Å². The molecule has 1 heterocycles. The summed E-state index contributed by atoms with van der Waals surface area (Å²) in [6.07, 6.45) is 0. The van der Waals surface area contributed by atoms with Crippen molar-refractivity contribution in [3.63, 3.8) is 0 Å². The Morgan fingerprint density at radius 2 is 2.27 bits per heavy atom. The molecule has 2 N–H and O–H groups in total. The summed E-state index contributed by atoms with van der Waals surface area (Å²) in [6, 6.07) is 0.223. The largest absolute Gasteiger partial charge is 0.368 e. The van der Waals surface area contributed by atoms with Crippen molar-refractivity contribution in [2.75, 3.05) is 11.5 Å². The molecule has 0 aliphatic rings. The third kappa shape index (κ3) is 3.29. The first-order chi connectivity index (χ1) is 7.06. The monoisotopic (exact) mass is 266 g/mol. The van der Waals surface area contributed by atoms with Gasteiger partial charge in [-0.1, -0.05) is 35.0 Å². The molecule has 0 fully saturated rings. The summed E-state index contributed by atoms with van der Waals surface area (Å²) >= 11 is 12.7. The zero-order chi connectivity index (χ0) is 11.4. The average Bonchev–Trinajstić information content (AvgIpc) is 2.56. The Kier molecular flexibility index (Phi) is 4.76. The van der Waals surface area contributed by atoms with E-state index in [4.69, 9.17) is 28.9 Å². The quantitative estimate of drug-likeness (QED) is 0.852. The molecule has 1 rings (SSSR count). The second-order valence-corrected chi connectivity index (χ2v) is 4.80. The number of hydrogen-bond donors (Lipinski definition) is 1. The fraction of sp³-hybridized carbons (Fsp3) is 0.500. The third-order valence-corrected chi connectivity index (χ3v) is 3.43. The van der Waals surface area contributed by atoms with Gasteiger partial charge in [0, 0.05) is 22.4 Å². The van der Waals surface area contributed by atoms with E-state index in [9.17, 15) is 0 Å². The van der Waals surface area contributed by atoms with E-state index in [1.165, 1.54) is 17.3 Å². The lowest BCUT2D eigenvalue weighted by molar-refractivity contribution is 0.557. The molecule has 0 saturated heterocycles. The highest BCUT2D eigenvalue weighted by Crippen LogP contribution is 2.25. The summed E-state index contributed by atoms with van der Waals surface area (Å²) in [4.78, 5) is 0. The van der Waals surface area contributed by atoms with Gasteiger partial charge in [0.05, 0.1) is 0 Å². The van der Waals surface area contributed by atoms with Crippen LogP contribution in [0.1, 0.15) is 19.9 Å². The Bertz CT molecular complexity index is 362. The van der Waals surface area contributed by atoms with Crippen LogP contribution < -0.4 is 5.73 Å². The van der Waals surface area contributed by atoms with Crippen molar-refractivity contribution in [3.05, 3.63) is 10.6 Å². The molecule has 0 radical (unpaired) electrons. The molecule has 0 aliphatic carbocycles. The molecule has 0 spiro atoms. The maximum absolute atomic E-state index is 5.77. The molecule has 84 valence electrons. The number of aromatic nitrogens is 3. The Morgan fingerprint density at radius 1 is 1.60 bits per heavy atom. The first-order valence-electron chi connectivity index (χ1n) is 4.34. The highest BCUT2D eigenvalue weighted by atomic mass is 35.5. The number of nitrogen functional groups attached to an aromatic ring is 1. The Labute approximate surface area is 103 Å². The van der Waals surface area contributed by atoms with Crippen molar-refractivity contribution in [2.45, 2.75) is 25.0 Å². The van der Waals surface area contributed by atoms with Crippen molar-refractivity contribution in [2.24, 2.45) is 0 Å². The number of rotatable bonds is 4. The van der Waals surface area contributed by atoms with Gasteiger partial charge in [-0.2, -0.15) is 0 Å². The van der Waals surface area contributed by atoms with E-state index in [1.807, 2.05) is 18.4 Å². The summed E-state index contributed by atoms with van der Waals surface area (Å²) in [7, 11) is 0. The molecule has 0 aliphatic heterocycles. The zero-order valence-electron chi connectivity index (χ0n) is 8.44. The molecular formula is C8H12Cl2N4S. The molecule has 0 aromatic carbocycles. The second kappa shape index (κ2) is 5.63. The van der Waals surface area contributed by atoms with Gasteiger partial charge in [0.25, 0.3) is 0 Å². The van der Waals surface area contributed by atoms with Crippen LogP contribution in [0.25, 0.3) is 0 Å². The van der Waals surface area contributed by atoms with Crippen molar-refractivity contribution < 1.29 is 0 Å². The van der Waals surface area contributed by atoms with Gasteiger partial charge in [-0.05, 0) is 13.8 Å². The van der Waals surface area contributed by atoms with Gasteiger partial charge in [0.2, 0.25) is 5.95 Å². The smallest absolute Gasteiger partial charge is 0.222 e. The van der Waals surface area contributed by atoms with Crippen LogP contribution in [0.4, 0.5) is 5.95 Å². The highest BCUT2D eigenvalue weighted by Gasteiger charge is 2.12. The number of hydrogen-bond acceptors (Lipinski definition) is 4. The second-order valence-electron chi connectivity index (χ2n) is 3.15. The number of halogens is 2. The number of nitrogens with two attached hydrogens (primary N) is 1. The van der Waals surface area contributed by atoms with Gasteiger partial charge >= 0.3 is 0 Å². The van der Waals surface area contributed by atoms with E-state index >= 15 is 0 Å². The van der Waals surface area contributed by atoms with Crippen molar-refractivity contribution in [3.8, 4) is 0 Å². The van der Waals surface area contributed by atoms with Crippen molar-refractivity contribution in [1.29, 1.82) is 0 Å². The molecule has 4 nitrogen and oxygen atoms in total. The number of thioether (sulfide) groups is 1. The Morgan fingerprint density at radius 3 is 2.80 bits per heavy atom. The maximum Gasteiger partial charge on any atom is 0.222 e. The standard InChI is InChI=1S/C8H12Cl2N4S/c1-5(2)14-7(11)12-13-8(14)15-4-6(10)3-9/h3,5H,4H2,1-2H3,(H2,11,12). The molecule has 0 unspecified atom stereocenters. The Hall–Kier alpha value is -0.390. The van der Waals surface area contributed by atoms with E-state index in [-0.39, 0.29) is 6.04 Å². The van der Waals surface area contributed by atoms with Gasteiger partial charge < -0.3 is 5.73 Å². The predicted octanol–water partition coefficient (Wildman–Crippen LogP) is 2.85.